The van der Waals surface area contributed by atoms with Crippen LogP contribution < -0.4 is 5.32 Å². The van der Waals surface area contributed by atoms with E-state index in [2.05, 4.69) is 24.1 Å². The highest BCUT2D eigenvalue weighted by molar-refractivity contribution is 5.87. The second-order valence-corrected chi connectivity index (χ2v) is 7.77. The van der Waals surface area contributed by atoms with E-state index >= 15 is 0 Å². The molecule has 2 aliphatic rings. The number of nitrogens with zero attached hydrogens (tertiary/aromatic N) is 2. The number of morpholine rings is 1. The molecule has 0 spiro atoms. The lowest BCUT2D eigenvalue weighted by molar-refractivity contribution is -0.140. The topological polar surface area (TPSA) is 61.9 Å². The maximum atomic E-state index is 12.9. The van der Waals surface area contributed by atoms with Crippen molar-refractivity contribution in [3.8, 4) is 0 Å². The van der Waals surface area contributed by atoms with Gasteiger partial charge >= 0.3 is 0 Å². The standard InChI is InChI=1S/C20H29N3O3/c1-15(24)23-13-17-7-5-4-6-16(17)12-18(23)19(25)21-14-20(2,3)22-8-10-26-11-9-22/h4-7,18H,8-14H2,1-3H3,(H,21,25). The minimum Gasteiger partial charge on any atom is -0.379 e. The minimum atomic E-state index is -0.442. The maximum Gasteiger partial charge on any atom is 0.243 e. The molecule has 142 valence electrons. The number of hydrogen-bond donors (Lipinski definition) is 1. The molecule has 1 saturated heterocycles. The number of benzene rings is 1. The van der Waals surface area contributed by atoms with Gasteiger partial charge < -0.3 is 15.0 Å². The molecule has 1 aromatic rings. The summed E-state index contributed by atoms with van der Waals surface area (Å²) in [6, 6.07) is 7.59. The van der Waals surface area contributed by atoms with Gasteiger partial charge in [-0.1, -0.05) is 24.3 Å². The Hall–Kier alpha value is -1.92. The van der Waals surface area contributed by atoms with Crippen molar-refractivity contribution < 1.29 is 14.3 Å². The van der Waals surface area contributed by atoms with Crippen molar-refractivity contribution in [1.82, 2.24) is 15.1 Å². The summed E-state index contributed by atoms with van der Waals surface area (Å²) >= 11 is 0. The molecular weight excluding hydrogens is 330 g/mol. The molecule has 26 heavy (non-hydrogen) atoms. The molecule has 0 saturated carbocycles. The number of fused-ring (bicyclic) bond motifs is 1. The highest BCUT2D eigenvalue weighted by Gasteiger charge is 2.35. The molecule has 0 aromatic heterocycles. The molecule has 2 heterocycles. The SMILES string of the molecule is CC(=O)N1Cc2ccccc2CC1C(=O)NCC(C)(C)N1CCOCC1. The number of rotatable bonds is 4. The molecule has 6 heteroatoms. The second-order valence-electron chi connectivity index (χ2n) is 7.77. The third-order valence-electron chi connectivity index (χ3n) is 5.52. The Morgan fingerprint density at radius 1 is 1.19 bits per heavy atom. The molecular formula is C20H29N3O3. The lowest BCUT2D eigenvalue weighted by Gasteiger charge is -2.41. The lowest BCUT2D eigenvalue weighted by Crippen LogP contribution is -2.58. The first-order valence-corrected chi connectivity index (χ1v) is 9.33. The van der Waals surface area contributed by atoms with Crippen molar-refractivity contribution in [3.05, 3.63) is 35.4 Å². The van der Waals surface area contributed by atoms with Crippen LogP contribution in [0.3, 0.4) is 0 Å². The monoisotopic (exact) mass is 359 g/mol. The number of hydrogen-bond acceptors (Lipinski definition) is 4. The van der Waals surface area contributed by atoms with E-state index in [9.17, 15) is 9.59 Å². The summed E-state index contributed by atoms with van der Waals surface area (Å²) in [6.45, 7) is 10.1. The van der Waals surface area contributed by atoms with Gasteiger partial charge in [0.05, 0.1) is 13.2 Å². The van der Waals surface area contributed by atoms with Crippen LogP contribution in [0.15, 0.2) is 24.3 Å². The Morgan fingerprint density at radius 3 is 2.50 bits per heavy atom. The van der Waals surface area contributed by atoms with E-state index in [-0.39, 0.29) is 17.4 Å². The zero-order chi connectivity index (χ0) is 18.7. The average Bonchev–Trinajstić information content (AvgIpc) is 2.65. The zero-order valence-electron chi connectivity index (χ0n) is 16.0. The number of ether oxygens (including phenoxy) is 1. The van der Waals surface area contributed by atoms with Crippen molar-refractivity contribution >= 4 is 11.8 Å². The van der Waals surface area contributed by atoms with E-state index in [1.165, 1.54) is 6.92 Å². The first kappa shape index (κ1) is 18.9. The van der Waals surface area contributed by atoms with E-state index in [0.29, 0.717) is 19.5 Å². The van der Waals surface area contributed by atoms with Crippen LogP contribution in [0.5, 0.6) is 0 Å². The van der Waals surface area contributed by atoms with Gasteiger partial charge in [-0.15, -0.1) is 0 Å². The molecule has 1 fully saturated rings. The Labute approximate surface area is 155 Å². The van der Waals surface area contributed by atoms with Crippen LogP contribution in [0, 0.1) is 0 Å². The average molecular weight is 359 g/mol. The molecule has 1 unspecified atom stereocenters. The van der Waals surface area contributed by atoms with Crippen molar-refractivity contribution in [1.29, 1.82) is 0 Å². The van der Waals surface area contributed by atoms with Gasteiger partial charge in [-0.2, -0.15) is 0 Å². The normalized spacial score (nSPS) is 21.2. The predicted octanol–water partition coefficient (Wildman–Crippen LogP) is 1.19. The maximum absolute atomic E-state index is 12.9. The van der Waals surface area contributed by atoms with E-state index in [0.717, 1.165) is 37.4 Å². The van der Waals surface area contributed by atoms with Crippen molar-refractivity contribution in [3.63, 3.8) is 0 Å². The summed E-state index contributed by atoms with van der Waals surface area (Å²) in [7, 11) is 0. The number of carbonyl (C=O) groups is 2. The van der Waals surface area contributed by atoms with Crippen LogP contribution in [0.4, 0.5) is 0 Å². The van der Waals surface area contributed by atoms with E-state index in [1.54, 1.807) is 4.90 Å². The Kier molecular flexibility index (Phi) is 5.63. The summed E-state index contributed by atoms with van der Waals surface area (Å²) in [6.07, 6.45) is 0.569. The number of nitrogens with one attached hydrogen (secondary N) is 1. The highest BCUT2D eigenvalue weighted by Crippen LogP contribution is 2.24. The fourth-order valence-corrected chi connectivity index (χ4v) is 3.79. The van der Waals surface area contributed by atoms with Crippen LogP contribution in [-0.4, -0.2) is 66.0 Å². The van der Waals surface area contributed by atoms with Gasteiger partial charge in [0.25, 0.3) is 0 Å². The second kappa shape index (κ2) is 7.76. The van der Waals surface area contributed by atoms with Crippen LogP contribution in [0.1, 0.15) is 31.9 Å². The fourth-order valence-electron chi connectivity index (χ4n) is 3.79. The molecule has 3 rings (SSSR count). The Morgan fingerprint density at radius 2 is 1.85 bits per heavy atom. The molecule has 1 aromatic carbocycles. The minimum absolute atomic E-state index is 0.0629. The highest BCUT2D eigenvalue weighted by atomic mass is 16.5. The number of amides is 2. The van der Waals surface area contributed by atoms with Crippen LogP contribution in [0.2, 0.25) is 0 Å². The van der Waals surface area contributed by atoms with Gasteiger partial charge in [-0.3, -0.25) is 14.5 Å². The molecule has 2 aliphatic heterocycles. The summed E-state index contributed by atoms with van der Waals surface area (Å²) in [5, 5.41) is 3.09. The van der Waals surface area contributed by atoms with E-state index in [4.69, 9.17) is 4.74 Å². The van der Waals surface area contributed by atoms with Gasteiger partial charge in [-0.05, 0) is 25.0 Å². The first-order chi connectivity index (χ1) is 12.4. The molecule has 0 aliphatic carbocycles. The van der Waals surface area contributed by atoms with Crippen molar-refractivity contribution in [2.45, 2.75) is 45.3 Å². The predicted molar refractivity (Wildman–Crippen MR) is 99.6 cm³/mol. The lowest BCUT2D eigenvalue weighted by atomic mass is 9.93. The summed E-state index contributed by atoms with van der Waals surface area (Å²) in [4.78, 5) is 29.0. The van der Waals surface area contributed by atoms with Gasteiger partial charge in [0.2, 0.25) is 11.8 Å². The van der Waals surface area contributed by atoms with E-state index in [1.807, 2.05) is 24.3 Å². The Bertz CT molecular complexity index is 668. The third kappa shape index (κ3) is 4.07. The first-order valence-electron chi connectivity index (χ1n) is 9.33. The van der Waals surface area contributed by atoms with Crippen LogP contribution >= 0.6 is 0 Å². The summed E-state index contributed by atoms with van der Waals surface area (Å²) in [5.74, 6) is -0.136. The quantitative estimate of drug-likeness (QED) is 0.877. The van der Waals surface area contributed by atoms with Crippen molar-refractivity contribution in [2.24, 2.45) is 0 Å². The molecule has 0 radical (unpaired) electrons. The third-order valence-corrected chi connectivity index (χ3v) is 5.52. The molecule has 6 nitrogen and oxygen atoms in total. The van der Waals surface area contributed by atoms with Gasteiger partial charge in [0.1, 0.15) is 6.04 Å². The molecule has 1 N–H and O–H groups in total. The number of carbonyl (C=O) groups excluding carboxylic acids is 2. The van der Waals surface area contributed by atoms with Crippen LogP contribution in [-0.2, 0) is 27.3 Å². The summed E-state index contributed by atoms with van der Waals surface area (Å²) < 4.78 is 5.42. The van der Waals surface area contributed by atoms with Crippen molar-refractivity contribution in [2.75, 3.05) is 32.8 Å². The fraction of sp³-hybridized carbons (Fsp3) is 0.600. The van der Waals surface area contributed by atoms with Gasteiger partial charge in [-0.25, -0.2) is 0 Å². The van der Waals surface area contributed by atoms with Gasteiger partial charge in [0.15, 0.2) is 0 Å². The Balaban J connectivity index is 1.66. The zero-order valence-corrected chi connectivity index (χ0v) is 16.0. The largest absolute Gasteiger partial charge is 0.379 e. The smallest absolute Gasteiger partial charge is 0.243 e. The molecule has 0 bridgehead atoms. The molecule has 1 atom stereocenters. The molecule has 2 amide bonds. The summed E-state index contributed by atoms with van der Waals surface area (Å²) in [5.41, 5.74) is 2.13. The van der Waals surface area contributed by atoms with Crippen LogP contribution in [0.25, 0.3) is 0 Å². The van der Waals surface area contributed by atoms with E-state index < -0.39 is 6.04 Å². The van der Waals surface area contributed by atoms with Gasteiger partial charge in [0, 0.05) is 45.1 Å².